The van der Waals surface area contributed by atoms with Gasteiger partial charge in [-0.3, -0.25) is 9.80 Å². The molecule has 0 aromatic heterocycles. The van der Waals surface area contributed by atoms with E-state index in [2.05, 4.69) is 9.80 Å². The number of hydrogen-bond acceptors (Lipinski definition) is 3. The zero-order chi connectivity index (χ0) is 10.7. The Bertz CT molecular complexity index is 195. The lowest BCUT2D eigenvalue weighted by atomic mass is 10.1. The standard InChI is InChI=1S/C11H21FN2O/c12-10-2-1-3-11(10)14-6-4-13(5-7-14)8-9-15/h10-11,15H,1-9H2. The van der Waals surface area contributed by atoms with Gasteiger partial charge in [0.05, 0.1) is 6.61 Å². The molecule has 15 heavy (non-hydrogen) atoms. The van der Waals surface area contributed by atoms with Gasteiger partial charge in [-0.15, -0.1) is 0 Å². The predicted octanol–water partition coefficient (Wildman–Crippen LogP) is 0.487. The minimum Gasteiger partial charge on any atom is -0.395 e. The highest BCUT2D eigenvalue weighted by Crippen LogP contribution is 2.27. The Hall–Kier alpha value is -0.190. The first-order valence-electron chi connectivity index (χ1n) is 6.02. The second kappa shape index (κ2) is 5.23. The van der Waals surface area contributed by atoms with Crippen molar-refractivity contribution in [1.29, 1.82) is 0 Å². The third-order valence-electron chi connectivity index (χ3n) is 3.69. The first-order valence-corrected chi connectivity index (χ1v) is 6.02. The number of alkyl halides is 1. The van der Waals surface area contributed by atoms with E-state index < -0.39 is 6.17 Å². The van der Waals surface area contributed by atoms with Crippen LogP contribution in [0.4, 0.5) is 4.39 Å². The zero-order valence-corrected chi connectivity index (χ0v) is 9.24. The van der Waals surface area contributed by atoms with Crippen molar-refractivity contribution in [3.8, 4) is 0 Å². The molecule has 2 atom stereocenters. The third kappa shape index (κ3) is 2.68. The van der Waals surface area contributed by atoms with E-state index in [1.807, 2.05) is 0 Å². The van der Waals surface area contributed by atoms with Crippen LogP contribution >= 0.6 is 0 Å². The number of piperazine rings is 1. The number of aliphatic hydroxyl groups excluding tert-OH is 1. The van der Waals surface area contributed by atoms with E-state index in [0.29, 0.717) is 0 Å². The van der Waals surface area contributed by atoms with Gasteiger partial charge in [0, 0.05) is 38.8 Å². The Balaban J connectivity index is 1.77. The summed E-state index contributed by atoms with van der Waals surface area (Å²) in [5.41, 5.74) is 0. The Morgan fingerprint density at radius 2 is 1.87 bits per heavy atom. The van der Waals surface area contributed by atoms with Crippen molar-refractivity contribution in [2.75, 3.05) is 39.3 Å². The second-order valence-corrected chi connectivity index (χ2v) is 4.62. The van der Waals surface area contributed by atoms with Crippen molar-refractivity contribution < 1.29 is 9.50 Å². The molecule has 2 rings (SSSR count). The number of nitrogens with zero attached hydrogens (tertiary/aromatic N) is 2. The van der Waals surface area contributed by atoms with E-state index in [9.17, 15) is 4.39 Å². The van der Waals surface area contributed by atoms with Crippen molar-refractivity contribution in [3.05, 3.63) is 0 Å². The highest BCUT2D eigenvalue weighted by atomic mass is 19.1. The topological polar surface area (TPSA) is 26.7 Å². The van der Waals surface area contributed by atoms with Crippen molar-refractivity contribution >= 4 is 0 Å². The molecule has 1 saturated carbocycles. The average molecular weight is 216 g/mol. The van der Waals surface area contributed by atoms with Crippen LogP contribution < -0.4 is 0 Å². The van der Waals surface area contributed by atoms with Gasteiger partial charge in [-0.2, -0.15) is 0 Å². The van der Waals surface area contributed by atoms with Gasteiger partial charge in [0.1, 0.15) is 6.17 Å². The molecule has 1 heterocycles. The fraction of sp³-hybridized carbons (Fsp3) is 1.00. The van der Waals surface area contributed by atoms with Gasteiger partial charge in [-0.25, -0.2) is 4.39 Å². The Morgan fingerprint density at radius 1 is 1.13 bits per heavy atom. The van der Waals surface area contributed by atoms with E-state index >= 15 is 0 Å². The van der Waals surface area contributed by atoms with Crippen molar-refractivity contribution in [2.24, 2.45) is 0 Å². The van der Waals surface area contributed by atoms with Crippen molar-refractivity contribution in [3.63, 3.8) is 0 Å². The molecule has 1 aliphatic carbocycles. The van der Waals surface area contributed by atoms with Crippen molar-refractivity contribution in [2.45, 2.75) is 31.5 Å². The van der Waals surface area contributed by atoms with Crippen LogP contribution in [0.2, 0.25) is 0 Å². The first kappa shape index (κ1) is 11.3. The molecule has 1 aliphatic heterocycles. The second-order valence-electron chi connectivity index (χ2n) is 4.62. The normalized spacial score (nSPS) is 34.8. The number of hydrogen-bond donors (Lipinski definition) is 1. The minimum atomic E-state index is -0.602. The summed E-state index contributed by atoms with van der Waals surface area (Å²) in [6, 6.07) is 0.182. The fourth-order valence-corrected chi connectivity index (χ4v) is 2.77. The van der Waals surface area contributed by atoms with Gasteiger partial charge in [-0.05, 0) is 19.3 Å². The third-order valence-corrected chi connectivity index (χ3v) is 3.69. The van der Waals surface area contributed by atoms with E-state index in [1.165, 1.54) is 0 Å². The Labute approximate surface area is 90.9 Å². The van der Waals surface area contributed by atoms with E-state index in [4.69, 9.17) is 5.11 Å². The average Bonchev–Trinajstić information content (AvgIpc) is 2.66. The molecule has 0 amide bonds. The van der Waals surface area contributed by atoms with E-state index in [-0.39, 0.29) is 12.6 Å². The molecule has 0 radical (unpaired) electrons. The van der Waals surface area contributed by atoms with Crippen LogP contribution in [0.5, 0.6) is 0 Å². The molecule has 0 bridgehead atoms. The van der Waals surface area contributed by atoms with Crippen LogP contribution in [0, 0.1) is 0 Å². The lowest BCUT2D eigenvalue weighted by molar-refractivity contribution is 0.0605. The summed E-state index contributed by atoms with van der Waals surface area (Å²) in [6.45, 7) is 4.87. The van der Waals surface area contributed by atoms with Crippen LogP contribution in [0.25, 0.3) is 0 Å². The van der Waals surface area contributed by atoms with Crippen LogP contribution in [0.3, 0.4) is 0 Å². The predicted molar refractivity (Wildman–Crippen MR) is 57.6 cm³/mol. The van der Waals surface area contributed by atoms with Crippen LogP contribution in [-0.4, -0.2) is 66.5 Å². The number of aliphatic hydroxyl groups is 1. The largest absolute Gasteiger partial charge is 0.395 e. The molecule has 3 nitrogen and oxygen atoms in total. The molecule has 4 heteroatoms. The molecule has 0 spiro atoms. The summed E-state index contributed by atoms with van der Waals surface area (Å²) in [7, 11) is 0. The Morgan fingerprint density at radius 3 is 2.40 bits per heavy atom. The molecular weight excluding hydrogens is 195 g/mol. The van der Waals surface area contributed by atoms with E-state index in [0.717, 1.165) is 52.0 Å². The molecule has 0 aromatic carbocycles. The van der Waals surface area contributed by atoms with Crippen molar-refractivity contribution in [1.82, 2.24) is 9.80 Å². The van der Waals surface area contributed by atoms with Crippen LogP contribution in [0.15, 0.2) is 0 Å². The molecule has 1 N–H and O–H groups in total. The smallest absolute Gasteiger partial charge is 0.116 e. The summed E-state index contributed by atoms with van der Waals surface area (Å²) in [4.78, 5) is 4.55. The number of β-amino-alcohol motifs (C(OH)–C–C–N with tert-alkyl or cyclic N) is 1. The van der Waals surface area contributed by atoms with Gasteiger partial charge < -0.3 is 5.11 Å². The summed E-state index contributed by atoms with van der Waals surface area (Å²) in [6.07, 6.45) is 2.22. The monoisotopic (exact) mass is 216 g/mol. The minimum absolute atomic E-state index is 0.182. The molecule has 0 aromatic rings. The fourth-order valence-electron chi connectivity index (χ4n) is 2.77. The molecule has 2 fully saturated rings. The number of halogens is 1. The van der Waals surface area contributed by atoms with Gasteiger partial charge >= 0.3 is 0 Å². The SMILES string of the molecule is OCCN1CCN(C2CCCC2F)CC1. The van der Waals surface area contributed by atoms with Crippen LogP contribution in [-0.2, 0) is 0 Å². The maximum absolute atomic E-state index is 13.5. The molecule has 2 aliphatic rings. The highest BCUT2D eigenvalue weighted by molar-refractivity contribution is 4.88. The summed E-state index contributed by atoms with van der Waals surface area (Å²) >= 11 is 0. The Kier molecular flexibility index (Phi) is 3.94. The van der Waals surface area contributed by atoms with E-state index in [1.54, 1.807) is 0 Å². The maximum Gasteiger partial charge on any atom is 0.116 e. The summed E-state index contributed by atoms with van der Waals surface area (Å²) < 4.78 is 13.5. The zero-order valence-electron chi connectivity index (χ0n) is 9.24. The first-order chi connectivity index (χ1) is 7.31. The molecule has 1 saturated heterocycles. The maximum atomic E-state index is 13.5. The van der Waals surface area contributed by atoms with Gasteiger partial charge in [-0.1, -0.05) is 0 Å². The lowest BCUT2D eigenvalue weighted by Crippen LogP contribution is -2.52. The highest BCUT2D eigenvalue weighted by Gasteiger charge is 2.33. The van der Waals surface area contributed by atoms with Gasteiger partial charge in [0.2, 0.25) is 0 Å². The number of rotatable bonds is 3. The molecule has 2 unspecified atom stereocenters. The summed E-state index contributed by atoms with van der Waals surface area (Å²) in [5.74, 6) is 0. The molecule has 88 valence electrons. The van der Waals surface area contributed by atoms with Gasteiger partial charge in [0.25, 0.3) is 0 Å². The van der Waals surface area contributed by atoms with Gasteiger partial charge in [0.15, 0.2) is 0 Å². The quantitative estimate of drug-likeness (QED) is 0.743. The summed E-state index contributed by atoms with van der Waals surface area (Å²) in [5, 5.41) is 8.82. The lowest BCUT2D eigenvalue weighted by Gasteiger charge is -2.38. The van der Waals surface area contributed by atoms with Crippen LogP contribution in [0.1, 0.15) is 19.3 Å². The molecular formula is C11H21FN2O.